The van der Waals surface area contributed by atoms with Crippen molar-refractivity contribution in [3.8, 4) is 0 Å². The van der Waals surface area contributed by atoms with Crippen LogP contribution in [0, 0.1) is 17.7 Å². The molecular weight excluding hydrogens is 446 g/mol. The standard InChI is InChI=1S/C24H32F6N2O/c25-22-19(24(28,29)30)4-2-5-20(22)32-15-13-31(14-16-32)12-11-18-9-7-17(8-10-18)3-1-6-21(33)23(26)27/h2,4-5,17-18,23H,1,3,6-16H2. The number of ketones is 1. The molecule has 0 unspecified atom stereocenters. The summed E-state index contributed by atoms with van der Waals surface area (Å²) in [6.07, 6.45) is -0.842. The maximum absolute atomic E-state index is 14.4. The zero-order valence-corrected chi connectivity index (χ0v) is 18.7. The lowest BCUT2D eigenvalue weighted by Crippen LogP contribution is -2.47. The number of nitrogens with zero attached hydrogens (tertiary/aromatic N) is 2. The fraction of sp³-hybridized carbons (Fsp3) is 0.708. The molecule has 1 aliphatic heterocycles. The van der Waals surface area contributed by atoms with E-state index in [1.54, 1.807) is 4.90 Å². The highest BCUT2D eigenvalue weighted by molar-refractivity contribution is 5.81. The Morgan fingerprint density at radius 2 is 1.58 bits per heavy atom. The topological polar surface area (TPSA) is 23.6 Å². The van der Waals surface area contributed by atoms with Gasteiger partial charge >= 0.3 is 6.18 Å². The van der Waals surface area contributed by atoms with Gasteiger partial charge in [-0.25, -0.2) is 13.2 Å². The smallest absolute Gasteiger partial charge is 0.367 e. The molecule has 1 aromatic carbocycles. The fourth-order valence-corrected chi connectivity index (χ4v) is 5.04. The third kappa shape index (κ3) is 7.36. The second-order valence-electron chi connectivity index (χ2n) is 9.30. The average molecular weight is 479 g/mol. The van der Waals surface area contributed by atoms with E-state index in [9.17, 15) is 31.1 Å². The molecule has 0 bridgehead atoms. The molecule has 0 spiro atoms. The Hall–Kier alpha value is -1.77. The Kier molecular flexibility index (Phi) is 9.07. The molecular formula is C24H32F6N2O. The van der Waals surface area contributed by atoms with Gasteiger partial charge in [-0.3, -0.25) is 9.69 Å². The number of hydrogen-bond acceptors (Lipinski definition) is 3. The predicted molar refractivity (Wildman–Crippen MR) is 115 cm³/mol. The van der Waals surface area contributed by atoms with Crippen LogP contribution in [0.2, 0.25) is 0 Å². The molecule has 3 nitrogen and oxygen atoms in total. The van der Waals surface area contributed by atoms with E-state index >= 15 is 0 Å². The third-order valence-corrected chi connectivity index (χ3v) is 7.10. The number of piperazine rings is 1. The molecule has 2 aliphatic rings. The molecule has 3 rings (SSSR count). The first-order valence-electron chi connectivity index (χ1n) is 11.8. The van der Waals surface area contributed by atoms with E-state index in [1.165, 1.54) is 12.1 Å². The Morgan fingerprint density at radius 3 is 2.15 bits per heavy atom. The van der Waals surface area contributed by atoms with E-state index in [1.807, 2.05) is 0 Å². The number of rotatable bonds is 9. The Labute approximate surface area is 191 Å². The van der Waals surface area contributed by atoms with E-state index in [-0.39, 0.29) is 12.1 Å². The first-order chi connectivity index (χ1) is 15.6. The van der Waals surface area contributed by atoms with Gasteiger partial charge in [-0.15, -0.1) is 0 Å². The lowest BCUT2D eigenvalue weighted by atomic mass is 9.78. The number of Topliss-reactive ketones (excluding diaryl/α,β-unsaturated/α-hetero) is 1. The van der Waals surface area contributed by atoms with E-state index in [2.05, 4.69) is 4.90 Å². The van der Waals surface area contributed by atoms with Crippen molar-refractivity contribution < 1.29 is 31.1 Å². The van der Waals surface area contributed by atoms with Crippen LogP contribution in [-0.2, 0) is 11.0 Å². The van der Waals surface area contributed by atoms with Crippen molar-refractivity contribution in [2.45, 2.75) is 64.0 Å². The highest BCUT2D eigenvalue weighted by atomic mass is 19.4. The SMILES string of the molecule is O=C(CCCC1CCC(CCN2CCN(c3cccc(C(F)(F)F)c3F)CC2)CC1)C(F)F. The van der Waals surface area contributed by atoms with E-state index in [0.29, 0.717) is 44.4 Å². The van der Waals surface area contributed by atoms with Crippen molar-refractivity contribution >= 4 is 11.5 Å². The number of carbonyl (C=O) groups is 1. The molecule has 9 heteroatoms. The summed E-state index contributed by atoms with van der Waals surface area (Å²) in [7, 11) is 0. The molecule has 0 radical (unpaired) electrons. The number of alkyl halides is 5. The van der Waals surface area contributed by atoms with Crippen LogP contribution in [0.3, 0.4) is 0 Å². The molecule has 33 heavy (non-hydrogen) atoms. The Bertz CT molecular complexity index is 769. The highest BCUT2D eigenvalue weighted by Crippen LogP contribution is 2.36. The zero-order valence-electron chi connectivity index (χ0n) is 18.7. The van der Waals surface area contributed by atoms with Gasteiger partial charge in [-0.2, -0.15) is 13.2 Å². The summed E-state index contributed by atoms with van der Waals surface area (Å²) >= 11 is 0. The lowest BCUT2D eigenvalue weighted by Gasteiger charge is -2.37. The van der Waals surface area contributed by atoms with E-state index < -0.39 is 29.8 Å². The van der Waals surface area contributed by atoms with Crippen LogP contribution < -0.4 is 4.90 Å². The van der Waals surface area contributed by atoms with Crippen LogP contribution in [0.4, 0.5) is 32.0 Å². The summed E-state index contributed by atoms with van der Waals surface area (Å²) in [5.74, 6) is -1.03. The van der Waals surface area contributed by atoms with Gasteiger partial charge in [0.25, 0.3) is 6.43 Å². The molecule has 1 aromatic rings. The van der Waals surface area contributed by atoms with Gasteiger partial charge in [0.1, 0.15) is 0 Å². The van der Waals surface area contributed by atoms with Crippen LogP contribution in [-0.4, -0.2) is 49.8 Å². The lowest BCUT2D eigenvalue weighted by molar-refractivity contribution is -0.140. The number of hydrogen-bond donors (Lipinski definition) is 0. The third-order valence-electron chi connectivity index (χ3n) is 7.10. The normalized spacial score (nSPS) is 22.7. The summed E-state index contributed by atoms with van der Waals surface area (Å²) in [5.41, 5.74) is -1.21. The Balaban J connectivity index is 1.35. The number of carbonyl (C=O) groups excluding carboxylic acids is 1. The fourth-order valence-electron chi connectivity index (χ4n) is 5.04. The van der Waals surface area contributed by atoms with Crippen LogP contribution in [0.15, 0.2) is 18.2 Å². The maximum atomic E-state index is 14.4. The quantitative estimate of drug-likeness (QED) is 0.397. The summed E-state index contributed by atoms with van der Waals surface area (Å²) < 4.78 is 77.8. The minimum absolute atomic E-state index is 0.0121. The molecule has 0 aromatic heterocycles. The molecule has 1 saturated carbocycles. The summed E-state index contributed by atoms with van der Waals surface area (Å²) in [5, 5.41) is 0. The van der Waals surface area contributed by atoms with Crippen LogP contribution in [0.5, 0.6) is 0 Å². The van der Waals surface area contributed by atoms with Crippen molar-refractivity contribution in [3.05, 3.63) is 29.6 Å². The second kappa shape index (κ2) is 11.6. The molecule has 0 N–H and O–H groups in total. The highest BCUT2D eigenvalue weighted by Gasteiger charge is 2.36. The molecule has 1 heterocycles. The Morgan fingerprint density at radius 1 is 0.970 bits per heavy atom. The largest absolute Gasteiger partial charge is 0.419 e. The van der Waals surface area contributed by atoms with Gasteiger partial charge in [-0.05, 0) is 43.4 Å². The van der Waals surface area contributed by atoms with Crippen LogP contribution >= 0.6 is 0 Å². The van der Waals surface area contributed by atoms with E-state index in [4.69, 9.17) is 0 Å². The summed E-state index contributed by atoms with van der Waals surface area (Å²) in [6, 6.07) is 3.43. The minimum Gasteiger partial charge on any atom is -0.367 e. The van der Waals surface area contributed by atoms with Crippen LogP contribution in [0.1, 0.15) is 56.9 Å². The molecule has 0 amide bonds. The number of halogens is 6. The first-order valence-corrected chi connectivity index (χ1v) is 11.8. The van der Waals surface area contributed by atoms with Gasteiger partial charge in [0.2, 0.25) is 0 Å². The molecule has 2 fully saturated rings. The number of anilines is 1. The van der Waals surface area contributed by atoms with Gasteiger partial charge in [-0.1, -0.05) is 38.2 Å². The van der Waals surface area contributed by atoms with Gasteiger partial charge < -0.3 is 4.90 Å². The molecule has 1 aliphatic carbocycles. The first kappa shape index (κ1) is 25.8. The van der Waals surface area contributed by atoms with Gasteiger partial charge in [0.15, 0.2) is 11.6 Å². The van der Waals surface area contributed by atoms with E-state index in [0.717, 1.165) is 51.1 Å². The molecule has 186 valence electrons. The monoisotopic (exact) mass is 478 g/mol. The predicted octanol–water partition coefficient (Wildman–Crippen LogP) is 6.17. The minimum atomic E-state index is -4.70. The molecule has 0 atom stereocenters. The summed E-state index contributed by atoms with van der Waals surface area (Å²) in [6.45, 7) is 3.26. The van der Waals surface area contributed by atoms with Crippen molar-refractivity contribution in [1.29, 1.82) is 0 Å². The van der Waals surface area contributed by atoms with Crippen molar-refractivity contribution in [1.82, 2.24) is 4.90 Å². The van der Waals surface area contributed by atoms with Crippen molar-refractivity contribution in [2.24, 2.45) is 11.8 Å². The van der Waals surface area contributed by atoms with Crippen molar-refractivity contribution in [2.75, 3.05) is 37.6 Å². The number of benzene rings is 1. The molecule has 1 saturated heterocycles. The maximum Gasteiger partial charge on any atom is 0.419 e. The average Bonchev–Trinajstić information content (AvgIpc) is 2.78. The summed E-state index contributed by atoms with van der Waals surface area (Å²) in [4.78, 5) is 15.0. The van der Waals surface area contributed by atoms with Gasteiger partial charge in [0, 0.05) is 32.6 Å². The second-order valence-corrected chi connectivity index (χ2v) is 9.30. The van der Waals surface area contributed by atoms with Gasteiger partial charge in [0.05, 0.1) is 11.3 Å². The van der Waals surface area contributed by atoms with Crippen LogP contribution in [0.25, 0.3) is 0 Å². The van der Waals surface area contributed by atoms with Crippen molar-refractivity contribution in [3.63, 3.8) is 0 Å². The zero-order chi connectivity index (χ0) is 24.0.